The van der Waals surface area contributed by atoms with Crippen molar-refractivity contribution in [3.63, 3.8) is 0 Å². The number of hydrogen-bond donors (Lipinski definition) is 1. The molecule has 1 aromatic rings. The Morgan fingerprint density at radius 1 is 1.62 bits per heavy atom. The van der Waals surface area contributed by atoms with Crippen molar-refractivity contribution in [2.45, 2.75) is 6.92 Å². The average Bonchev–Trinajstić information content (AvgIpc) is 2.20. The van der Waals surface area contributed by atoms with E-state index >= 15 is 0 Å². The summed E-state index contributed by atoms with van der Waals surface area (Å²) in [6.45, 7) is 1.42. The van der Waals surface area contributed by atoms with Crippen molar-refractivity contribution in [2.24, 2.45) is 0 Å². The number of hydrogen-bond acceptors (Lipinski definition) is 5. The van der Waals surface area contributed by atoms with Gasteiger partial charge in [-0.15, -0.1) is 0 Å². The molecule has 0 saturated heterocycles. The van der Waals surface area contributed by atoms with E-state index in [1.54, 1.807) is 0 Å². The summed E-state index contributed by atoms with van der Waals surface area (Å²) in [6.07, 6.45) is 1.28. The molecule has 16 heavy (non-hydrogen) atoms. The van der Waals surface area contributed by atoms with Gasteiger partial charge in [0.1, 0.15) is 0 Å². The largest absolute Gasteiger partial charge is 0.313 e. The van der Waals surface area contributed by atoms with E-state index in [0.717, 1.165) is 0 Å². The van der Waals surface area contributed by atoms with Gasteiger partial charge in [-0.3, -0.25) is 14.8 Å². The van der Waals surface area contributed by atoms with Crippen LogP contribution in [0.1, 0.15) is 6.92 Å². The molecule has 0 spiro atoms. The van der Waals surface area contributed by atoms with Crippen LogP contribution in [0.4, 0.5) is 11.5 Å². The van der Waals surface area contributed by atoms with E-state index in [1.807, 2.05) is 4.72 Å². The van der Waals surface area contributed by atoms with Gasteiger partial charge >= 0.3 is 5.69 Å². The van der Waals surface area contributed by atoms with E-state index in [2.05, 4.69) is 20.9 Å². The van der Waals surface area contributed by atoms with Gasteiger partial charge in [0.15, 0.2) is 0 Å². The molecule has 0 amide bonds. The van der Waals surface area contributed by atoms with Crippen LogP contribution in [0.15, 0.2) is 16.7 Å². The van der Waals surface area contributed by atoms with Crippen LogP contribution < -0.4 is 4.72 Å². The Morgan fingerprint density at radius 2 is 2.25 bits per heavy atom. The van der Waals surface area contributed by atoms with Gasteiger partial charge in [-0.25, -0.2) is 13.4 Å². The monoisotopic (exact) mass is 309 g/mol. The normalized spacial score (nSPS) is 11.1. The maximum absolute atomic E-state index is 11.2. The van der Waals surface area contributed by atoms with Crippen molar-refractivity contribution in [1.29, 1.82) is 0 Å². The second-order valence-electron chi connectivity index (χ2n) is 2.78. The highest BCUT2D eigenvalue weighted by molar-refractivity contribution is 9.10. The van der Waals surface area contributed by atoms with Gasteiger partial charge in [0.2, 0.25) is 15.8 Å². The number of nitro groups is 1. The minimum atomic E-state index is -3.57. The molecule has 0 unspecified atom stereocenters. The second kappa shape index (κ2) is 4.74. The Bertz CT molecular complexity index is 516. The predicted octanol–water partition coefficient (Wildman–Crippen LogP) is 1.51. The molecule has 88 valence electrons. The zero-order chi connectivity index (χ0) is 12.3. The highest BCUT2D eigenvalue weighted by Crippen LogP contribution is 2.25. The van der Waals surface area contributed by atoms with Gasteiger partial charge in [-0.2, -0.15) is 0 Å². The van der Waals surface area contributed by atoms with Crippen LogP contribution in [0.25, 0.3) is 0 Å². The van der Waals surface area contributed by atoms with Crippen LogP contribution in [-0.4, -0.2) is 24.1 Å². The number of aromatic nitrogens is 1. The molecule has 0 aliphatic heterocycles. The molecule has 7 nitrogen and oxygen atoms in total. The highest BCUT2D eigenvalue weighted by Gasteiger charge is 2.19. The van der Waals surface area contributed by atoms with E-state index in [1.165, 1.54) is 19.2 Å². The number of sulfonamides is 1. The summed E-state index contributed by atoms with van der Waals surface area (Å²) >= 11 is 3.02. The molecule has 0 saturated carbocycles. The summed E-state index contributed by atoms with van der Waals surface area (Å²) in [5.41, 5.74) is -0.397. The molecule has 0 aliphatic carbocycles. The maximum atomic E-state index is 11.2. The first-order valence-corrected chi connectivity index (χ1v) is 6.60. The Balaban J connectivity index is 3.19. The third-order valence-electron chi connectivity index (χ3n) is 1.66. The molecule has 1 aromatic heterocycles. The molecule has 0 atom stereocenters. The number of anilines is 1. The summed E-state index contributed by atoms with van der Waals surface area (Å²) in [5, 5.41) is 10.7. The Hall–Kier alpha value is -1.22. The number of nitrogens with one attached hydrogen (secondary N) is 1. The maximum Gasteiger partial charge on any atom is 0.313 e. The summed E-state index contributed by atoms with van der Waals surface area (Å²) in [7, 11) is -3.57. The minimum Gasteiger partial charge on any atom is -0.262 e. The summed E-state index contributed by atoms with van der Waals surface area (Å²) in [6, 6.07) is 1.18. The van der Waals surface area contributed by atoms with Crippen LogP contribution in [0.3, 0.4) is 0 Å². The van der Waals surface area contributed by atoms with Crippen LogP contribution in [-0.2, 0) is 10.0 Å². The Kier molecular flexibility index (Phi) is 3.81. The molecule has 0 fully saturated rings. The number of nitrogens with zero attached hydrogens (tertiary/aromatic N) is 2. The fourth-order valence-electron chi connectivity index (χ4n) is 0.866. The number of pyridine rings is 1. The quantitative estimate of drug-likeness (QED) is 0.671. The van der Waals surface area contributed by atoms with Gasteiger partial charge < -0.3 is 0 Å². The van der Waals surface area contributed by atoms with E-state index in [9.17, 15) is 18.5 Å². The molecule has 1 rings (SSSR count). The molecule has 0 bridgehead atoms. The molecule has 1 heterocycles. The molecule has 0 aliphatic rings. The summed E-state index contributed by atoms with van der Waals surface area (Å²) in [4.78, 5) is 13.6. The third-order valence-corrected chi connectivity index (χ3v) is 3.36. The van der Waals surface area contributed by atoms with Crippen molar-refractivity contribution in [2.75, 3.05) is 10.5 Å². The third kappa shape index (κ3) is 3.14. The van der Waals surface area contributed by atoms with Gasteiger partial charge in [-0.05, 0) is 22.9 Å². The lowest BCUT2D eigenvalue weighted by molar-refractivity contribution is -0.384. The zero-order valence-electron chi connectivity index (χ0n) is 8.18. The van der Waals surface area contributed by atoms with Gasteiger partial charge in [0.25, 0.3) is 0 Å². The zero-order valence-corrected chi connectivity index (χ0v) is 10.6. The van der Waals surface area contributed by atoms with Crippen molar-refractivity contribution in [1.82, 2.24) is 4.98 Å². The number of halogens is 1. The van der Waals surface area contributed by atoms with Crippen LogP contribution in [0.5, 0.6) is 0 Å². The van der Waals surface area contributed by atoms with Gasteiger partial charge in [0.05, 0.1) is 10.7 Å². The molecule has 1 N–H and O–H groups in total. The SMILES string of the molecule is CCS(=O)(=O)Nc1ncc(Br)cc1[N+](=O)[O-]. The van der Waals surface area contributed by atoms with Gasteiger partial charge in [-0.1, -0.05) is 0 Å². The lowest BCUT2D eigenvalue weighted by Crippen LogP contribution is -2.16. The summed E-state index contributed by atoms with van der Waals surface area (Å²) in [5.74, 6) is -0.461. The lowest BCUT2D eigenvalue weighted by atomic mass is 10.4. The lowest BCUT2D eigenvalue weighted by Gasteiger charge is -2.05. The highest BCUT2D eigenvalue weighted by atomic mass is 79.9. The van der Waals surface area contributed by atoms with Gasteiger partial charge in [0, 0.05) is 16.7 Å². The molecule has 0 aromatic carbocycles. The van der Waals surface area contributed by atoms with Crippen molar-refractivity contribution < 1.29 is 13.3 Å². The van der Waals surface area contributed by atoms with Crippen molar-refractivity contribution in [3.05, 3.63) is 26.9 Å². The van der Waals surface area contributed by atoms with Crippen LogP contribution in [0, 0.1) is 10.1 Å². The second-order valence-corrected chi connectivity index (χ2v) is 5.71. The standard InChI is InChI=1S/C7H8BrN3O4S/c1-2-16(14,15)10-7-6(11(12)13)3-5(8)4-9-7/h3-4H,2H2,1H3,(H,9,10). The summed E-state index contributed by atoms with van der Waals surface area (Å²) < 4.78 is 24.9. The van der Waals surface area contributed by atoms with Crippen LogP contribution >= 0.6 is 15.9 Å². The van der Waals surface area contributed by atoms with Crippen LogP contribution in [0.2, 0.25) is 0 Å². The number of rotatable bonds is 4. The fraction of sp³-hybridized carbons (Fsp3) is 0.286. The Labute approximate surface area is 100 Å². The first-order chi connectivity index (χ1) is 7.35. The molecule has 0 radical (unpaired) electrons. The van der Waals surface area contributed by atoms with E-state index in [4.69, 9.17) is 0 Å². The van der Waals surface area contributed by atoms with E-state index in [-0.39, 0.29) is 11.6 Å². The van der Waals surface area contributed by atoms with E-state index in [0.29, 0.717) is 4.47 Å². The smallest absolute Gasteiger partial charge is 0.262 e. The topological polar surface area (TPSA) is 102 Å². The molecule has 9 heteroatoms. The van der Waals surface area contributed by atoms with Crippen molar-refractivity contribution >= 4 is 37.5 Å². The first-order valence-electron chi connectivity index (χ1n) is 4.16. The first kappa shape index (κ1) is 12.8. The molecular weight excluding hydrogens is 302 g/mol. The predicted molar refractivity (Wildman–Crippen MR) is 61.7 cm³/mol. The average molecular weight is 310 g/mol. The molecular formula is C7H8BrN3O4S. The van der Waals surface area contributed by atoms with Crippen molar-refractivity contribution in [3.8, 4) is 0 Å². The minimum absolute atomic E-state index is 0.179. The van der Waals surface area contributed by atoms with E-state index < -0.39 is 20.6 Å². The Morgan fingerprint density at radius 3 is 2.75 bits per heavy atom. The fourth-order valence-corrected chi connectivity index (χ4v) is 1.78.